The number of benzene rings is 2. The van der Waals surface area contributed by atoms with Crippen LogP contribution in [0.15, 0.2) is 54.6 Å². The monoisotopic (exact) mass is 441 g/mol. The number of amides is 2. The van der Waals surface area contributed by atoms with Gasteiger partial charge in [0.1, 0.15) is 17.1 Å². The number of hydrogen-bond donors (Lipinski definition) is 1. The quantitative estimate of drug-likeness (QED) is 0.640. The number of hydrogen-bond acceptors (Lipinski definition) is 4. The van der Waals surface area contributed by atoms with Crippen LogP contribution in [0.25, 0.3) is 0 Å². The number of aryl methyl sites for hydroxylation is 1. The molecule has 0 saturated heterocycles. The Labute approximate surface area is 191 Å². The largest absolute Gasteiger partial charge is 0.322 e. The first-order chi connectivity index (χ1) is 15.7. The maximum absolute atomic E-state index is 13.5. The number of thiophene rings is 1. The van der Waals surface area contributed by atoms with E-state index in [1.165, 1.54) is 16.2 Å². The Kier molecular flexibility index (Phi) is 5.50. The molecule has 0 radical (unpaired) electrons. The van der Waals surface area contributed by atoms with Gasteiger partial charge in [-0.2, -0.15) is 5.26 Å². The molecule has 1 aromatic heterocycles. The van der Waals surface area contributed by atoms with Crippen molar-refractivity contribution in [2.24, 2.45) is 0 Å². The summed E-state index contributed by atoms with van der Waals surface area (Å²) in [4.78, 5) is 29.7. The van der Waals surface area contributed by atoms with Gasteiger partial charge in [-0.25, -0.2) is 0 Å². The van der Waals surface area contributed by atoms with Crippen LogP contribution in [0.4, 0.5) is 5.00 Å². The van der Waals surface area contributed by atoms with Crippen molar-refractivity contribution in [3.63, 3.8) is 0 Å². The Hall–Kier alpha value is -3.43. The lowest BCUT2D eigenvalue weighted by Crippen LogP contribution is -2.50. The van der Waals surface area contributed by atoms with Gasteiger partial charge in [-0.3, -0.25) is 9.59 Å². The van der Waals surface area contributed by atoms with Gasteiger partial charge in [0.2, 0.25) is 5.91 Å². The van der Waals surface area contributed by atoms with Gasteiger partial charge in [-0.15, -0.1) is 11.3 Å². The number of nitrogens with zero attached hydrogens (tertiary/aromatic N) is 2. The summed E-state index contributed by atoms with van der Waals surface area (Å²) in [5.74, 6) is -0.398. The molecule has 3 aromatic rings. The molecule has 2 aliphatic rings. The highest BCUT2D eigenvalue weighted by atomic mass is 32.1. The SMILES string of the molecule is N#Cc1c(NC(=O)C2Cc3ccccc3CN2C(=O)c2ccccc2)sc2c1CCCC2. The fourth-order valence-electron chi connectivity index (χ4n) is 4.68. The third-order valence-corrected chi connectivity index (χ3v) is 7.56. The number of carbonyl (C=O) groups is 2. The minimum Gasteiger partial charge on any atom is -0.322 e. The summed E-state index contributed by atoms with van der Waals surface area (Å²) in [5.41, 5.74) is 4.38. The van der Waals surface area contributed by atoms with Gasteiger partial charge in [-0.1, -0.05) is 42.5 Å². The second-order valence-corrected chi connectivity index (χ2v) is 9.41. The second kappa shape index (κ2) is 8.60. The van der Waals surface area contributed by atoms with Gasteiger partial charge in [0.15, 0.2) is 0 Å². The first-order valence-corrected chi connectivity index (χ1v) is 11.8. The van der Waals surface area contributed by atoms with Crippen LogP contribution >= 0.6 is 11.3 Å². The van der Waals surface area contributed by atoms with Crippen molar-refractivity contribution in [2.45, 2.75) is 44.7 Å². The number of nitrogens with one attached hydrogen (secondary N) is 1. The maximum atomic E-state index is 13.5. The van der Waals surface area contributed by atoms with E-state index in [4.69, 9.17) is 0 Å². The minimum atomic E-state index is -0.636. The molecular formula is C26H23N3O2S. The topological polar surface area (TPSA) is 73.2 Å². The van der Waals surface area contributed by atoms with Crippen LogP contribution in [0.1, 0.15) is 50.3 Å². The molecule has 5 rings (SSSR count). The van der Waals surface area contributed by atoms with Crippen molar-refractivity contribution in [3.05, 3.63) is 87.3 Å². The van der Waals surface area contributed by atoms with Gasteiger partial charge in [0.25, 0.3) is 5.91 Å². The summed E-state index contributed by atoms with van der Waals surface area (Å²) in [6.07, 6.45) is 4.49. The van der Waals surface area contributed by atoms with Crippen molar-refractivity contribution in [1.82, 2.24) is 4.90 Å². The van der Waals surface area contributed by atoms with E-state index in [1.54, 1.807) is 17.0 Å². The smallest absolute Gasteiger partial charge is 0.254 e. The lowest BCUT2D eigenvalue weighted by molar-refractivity contribution is -0.121. The van der Waals surface area contributed by atoms with Crippen LogP contribution in [0.2, 0.25) is 0 Å². The Morgan fingerprint density at radius 2 is 1.72 bits per heavy atom. The van der Waals surface area contributed by atoms with Crippen molar-refractivity contribution < 1.29 is 9.59 Å². The molecule has 5 nitrogen and oxygen atoms in total. The number of anilines is 1. The van der Waals surface area contributed by atoms with Crippen LogP contribution in [-0.2, 0) is 30.6 Å². The predicted octanol–water partition coefficient (Wildman–Crippen LogP) is 4.70. The maximum Gasteiger partial charge on any atom is 0.254 e. The molecule has 1 N–H and O–H groups in total. The number of rotatable bonds is 3. The molecule has 0 saturated carbocycles. The third-order valence-electron chi connectivity index (χ3n) is 6.35. The van der Waals surface area contributed by atoms with Crippen molar-refractivity contribution in [1.29, 1.82) is 5.26 Å². The molecule has 0 fully saturated rings. The molecule has 2 amide bonds. The van der Waals surface area contributed by atoms with E-state index in [-0.39, 0.29) is 11.8 Å². The molecule has 1 atom stereocenters. The normalized spacial score (nSPS) is 17.1. The first kappa shape index (κ1) is 20.5. The lowest BCUT2D eigenvalue weighted by atomic mass is 9.92. The summed E-state index contributed by atoms with van der Waals surface area (Å²) < 4.78 is 0. The zero-order valence-corrected chi connectivity index (χ0v) is 18.5. The Balaban J connectivity index is 1.47. The van der Waals surface area contributed by atoms with Crippen molar-refractivity contribution >= 4 is 28.2 Å². The highest BCUT2D eigenvalue weighted by Crippen LogP contribution is 2.38. The molecule has 0 spiro atoms. The van der Waals surface area contributed by atoms with Gasteiger partial charge in [0.05, 0.1) is 5.56 Å². The van der Waals surface area contributed by atoms with E-state index >= 15 is 0 Å². The summed E-state index contributed by atoms with van der Waals surface area (Å²) in [6, 6.07) is 18.7. The van der Waals surface area contributed by atoms with Crippen LogP contribution < -0.4 is 5.32 Å². The molecule has 1 aliphatic carbocycles. The van der Waals surface area contributed by atoms with E-state index < -0.39 is 6.04 Å². The summed E-state index contributed by atoms with van der Waals surface area (Å²) in [6.45, 7) is 0.383. The van der Waals surface area contributed by atoms with E-state index in [1.807, 2.05) is 42.5 Å². The van der Waals surface area contributed by atoms with E-state index in [9.17, 15) is 14.9 Å². The lowest BCUT2D eigenvalue weighted by Gasteiger charge is -2.36. The van der Waals surface area contributed by atoms with Gasteiger partial charge >= 0.3 is 0 Å². The zero-order valence-electron chi connectivity index (χ0n) is 17.6. The molecule has 1 unspecified atom stereocenters. The Morgan fingerprint density at radius 1 is 1.00 bits per heavy atom. The predicted molar refractivity (Wildman–Crippen MR) is 125 cm³/mol. The highest BCUT2D eigenvalue weighted by Gasteiger charge is 2.36. The average molecular weight is 442 g/mol. The molecule has 6 heteroatoms. The van der Waals surface area contributed by atoms with E-state index in [2.05, 4.69) is 11.4 Å². The third kappa shape index (κ3) is 3.69. The molecule has 32 heavy (non-hydrogen) atoms. The molecule has 1 aliphatic heterocycles. The molecule has 160 valence electrons. The summed E-state index contributed by atoms with van der Waals surface area (Å²) >= 11 is 1.51. The zero-order chi connectivity index (χ0) is 22.1. The van der Waals surface area contributed by atoms with Crippen LogP contribution in [0.3, 0.4) is 0 Å². The minimum absolute atomic E-state index is 0.161. The number of carbonyl (C=O) groups excluding carboxylic acids is 2. The number of nitriles is 1. The average Bonchev–Trinajstić information content (AvgIpc) is 3.20. The van der Waals surface area contributed by atoms with Gasteiger partial charge < -0.3 is 10.2 Å². The van der Waals surface area contributed by atoms with Crippen LogP contribution in [0, 0.1) is 11.3 Å². The molecule has 0 bridgehead atoms. The van der Waals surface area contributed by atoms with Crippen LogP contribution in [-0.4, -0.2) is 22.8 Å². The van der Waals surface area contributed by atoms with Gasteiger partial charge in [-0.05, 0) is 54.5 Å². The summed E-state index contributed by atoms with van der Waals surface area (Å²) in [7, 11) is 0. The van der Waals surface area contributed by atoms with Crippen molar-refractivity contribution in [3.8, 4) is 6.07 Å². The first-order valence-electron chi connectivity index (χ1n) is 10.9. The standard InChI is InChI=1S/C26H23N3O2S/c27-15-21-20-12-6-7-13-23(20)32-25(21)28-24(30)22-14-18-10-4-5-11-19(18)16-29(22)26(31)17-8-2-1-3-9-17/h1-5,8-11,22H,6-7,12-14,16H2,(H,28,30). The highest BCUT2D eigenvalue weighted by molar-refractivity contribution is 7.16. The van der Waals surface area contributed by atoms with Crippen LogP contribution in [0.5, 0.6) is 0 Å². The number of fused-ring (bicyclic) bond motifs is 2. The second-order valence-electron chi connectivity index (χ2n) is 8.30. The van der Waals surface area contributed by atoms with Gasteiger partial charge in [0, 0.05) is 23.4 Å². The fraction of sp³-hybridized carbons (Fsp3) is 0.269. The summed E-state index contributed by atoms with van der Waals surface area (Å²) in [5, 5.41) is 13.4. The molecular weight excluding hydrogens is 418 g/mol. The Morgan fingerprint density at radius 3 is 2.50 bits per heavy atom. The van der Waals surface area contributed by atoms with E-state index in [0.29, 0.717) is 29.1 Å². The molecule has 2 heterocycles. The Bertz CT molecular complexity index is 1230. The fourth-order valence-corrected chi connectivity index (χ4v) is 5.93. The molecule has 2 aromatic carbocycles. The van der Waals surface area contributed by atoms with Crippen molar-refractivity contribution in [2.75, 3.05) is 5.32 Å². The van der Waals surface area contributed by atoms with E-state index in [0.717, 1.165) is 42.4 Å².